The summed E-state index contributed by atoms with van der Waals surface area (Å²) in [6, 6.07) is 7.92. The van der Waals surface area contributed by atoms with E-state index in [1.807, 2.05) is 0 Å². The number of thiocarbonyl (C=S) groups is 1. The average molecular weight is 344 g/mol. The molecule has 2 rings (SSSR count). The van der Waals surface area contributed by atoms with Gasteiger partial charge in [0.1, 0.15) is 28.1 Å². The van der Waals surface area contributed by atoms with Gasteiger partial charge in [0.05, 0.1) is 5.56 Å². The van der Waals surface area contributed by atoms with Crippen molar-refractivity contribution in [2.45, 2.75) is 0 Å². The highest BCUT2D eigenvalue weighted by Gasteiger charge is 2.10. The minimum Gasteiger partial charge on any atom is -0.456 e. The van der Waals surface area contributed by atoms with Gasteiger partial charge in [-0.3, -0.25) is 0 Å². The van der Waals surface area contributed by atoms with Crippen LogP contribution in [0, 0.1) is 11.6 Å². The van der Waals surface area contributed by atoms with E-state index < -0.39 is 11.6 Å². The average Bonchev–Trinajstić information content (AvgIpc) is 2.30. The van der Waals surface area contributed by atoms with E-state index >= 15 is 0 Å². The molecule has 0 unspecified atom stereocenters. The molecule has 0 aliphatic rings. The maximum Gasteiger partial charge on any atom is 0.137 e. The first-order valence-electron chi connectivity index (χ1n) is 5.19. The van der Waals surface area contributed by atoms with Gasteiger partial charge in [0.2, 0.25) is 0 Å². The molecule has 0 saturated carbocycles. The number of hydrogen-bond acceptors (Lipinski definition) is 2. The summed E-state index contributed by atoms with van der Waals surface area (Å²) >= 11 is 8.19. The van der Waals surface area contributed by atoms with Gasteiger partial charge in [-0.05, 0) is 18.2 Å². The zero-order chi connectivity index (χ0) is 14.0. The van der Waals surface area contributed by atoms with Crippen molar-refractivity contribution < 1.29 is 13.5 Å². The summed E-state index contributed by atoms with van der Waals surface area (Å²) in [7, 11) is 0. The first-order valence-corrected chi connectivity index (χ1v) is 6.39. The second-order valence-corrected chi connectivity index (χ2v) is 5.07. The number of benzene rings is 2. The molecule has 0 aliphatic carbocycles. The molecular formula is C13H8BrF2NOS. The van der Waals surface area contributed by atoms with Crippen molar-refractivity contribution in [1.82, 2.24) is 0 Å². The maximum atomic E-state index is 13.1. The van der Waals surface area contributed by atoms with Gasteiger partial charge in [0, 0.05) is 22.7 Å². The lowest BCUT2D eigenvalue weighted by Gasteiger charge is -2.11. The van der Waals surface area contributed by atoms with Gasteiger partial charge in [-0.2, -0.15) is 0 Å². The first-order chi connectivity index (χ1) is 8.95. The summed E-state index contributed by atoms with van der Waals surface area (Å²) in [5.74, 6) is -1.06. The molecule has 2 nitrogen and oxygen atoms in total. The van der Waals surface area contributed by atoms with Gasteiger partial charge in [0.15, 0.2) is 0 Å². The molecule has 2 aromatic rings. The minimum atomic E-state index is -0.719. The lowest BCUT2D eigenvalue weighted by Crippen LogP contribution is -2.10. The Morgan fingerprint density at radius 3 is 2.32 bits per heavy atom. The Morgan fingerprint density at radius 2 is 1.74 bits per heavy atom. The summed E-state index contributed by atoms with van der Waals surface area (Å²) in [5, 5.41) is 0. The van der Waals surface area contributed by atoms with Gasteiger partial charge < -0.3 is 10.5 Å². The van der Waals surface area contributed by atoms with Crippen molar-refractivity contribution in [3.05, 3.63) is 58.1 Å². The van der Waals surface area contributed by atoms with Gasteiger partial charge >= 0.3 is 0 Å². The number of halogens is 3. The van der Waals surface area contributed by atoms with Crippen LogP contribution < -0.4 is 10.5 Å². The van der Waals surface area contributed by atoms with Gasteiger partial charge in [0.25, 0.3) is 0 Å². The fourth-order valence-corrected chi connectivity index (χ4v) is 2.02. The maximum absolute atomic E-state index is 13.1. The Hall–Kier alpha value is -1.53. The highest BCUT2D eigenvalue weighted by atomic mass is 79.9. The number of ether oxygens (including phenoxy) is 1. The van der Waals surface area contributed by atoms with E-state index in [1.165, 1.54) is 0 Å². The largest absolute Gasteiger partial charge is 0.456 e. The molecule has 0 spiro atoms. The molecule has 19 heavy (non-hydrogen) atoms. The van der Waals surface area contributed by atoms with Crippen LogP contribution in [0.3, 0.4) is 0 Å². The summed E-state index contributed by atoms with van der Waals surface area (Å²) in [6.07, 6.45) is 0. The van der Waals surface area contributed by atoms with Gasteiger partial charge in [-0.15, -0.1) is 0 Å². The van der Waals surface area contributed by atoms with Crippen LogP contribution in [0.25, 0.3) is 0 Å². The molecule has 0 amide bonds. The highest BCUT2D eigenvalue weighted by molar-refractivity contribution is 9.10. The fraction of sp³-hybridized carbons (Fsp3) is 0. The molecule has 0 bridgehead atoms. The summed E-state index contributed by atoms with van der Waals surface area (Å²) in [4.78, 5) is 0.133. The van der Waals surface area contributed by atoms with Gasteiger partial charge in [-0.25, -0.2) is 8.78 Å². The van der Waals surface area contributed by atoms with Crippen LogP contribution in [0.5, 0.6) is 11.5 Å². The Bertz CT molecular complexity index is 628. The topological polar surface area (TPSA) is 35.2 Å². The molecule has 0 radical (unpaired) electrons. The normalized spacial score (nSPS) is 10.3. The Morgan fingerprint density at radius 1 is 1.11 bits per heavy atom. The molecule has 0 atom stereocenters. The molecular weight excluding hydrogens is 336 g/mol. The van der Waals surface area contributed by atoms with Crippen LogP contribution in [-0.2, 0) is 0 Å². The quantitative estimate of drug-likeness (QED) is 0.850. The van der Waals surface area contributed by atoms with Crippen LogP contribution in [0.15, 0.2) is 40.9 Å². The van der Waals surface area contributed by atoms with Crippen molar-refractivity contribution in [3.8, 4) is 11.5 Å². The first kappa shape index (κ1) is 13.9. The monoisotopic (exact) mass is 343 g/mol. The van der Waals surface area contributed by atoms with Crippen LogP contribution in [0.1, 0.15) is 5.56 Å². The van der Waals surface area contributed by atoms with Crippen molar-refractivity contribution in [2.75, 3.05) is 0 Å². The van der Waals surface area contributed by atoms with E-state index in [1.54, 1.807) is 18.2 Å². The molecule has 6 heteroatoms. The minimum absolute atomic E-state index is 0.0392. The van der Waals surface area contributed by atoms with E-state index in [2.05, 4.69) is 15.9 Å². The van der Waals surface area contributed by atoms with Gasteiger partial charge in [-0.1, -0.05) is 28.1 Å². The molecule has 0 saturated heterocycles. The van der Waals surface area contributed by atoms with Crippen LogP contribution >= 0.6 is 28.1 Å². The van der Waals surface area contributed by atoms with Crippen molar-refractivity contribution in [2.24, 2.45) is 5.73 Å². The molecule has 0 heterocycles. The molecule has 0 fully saturated rings. The number of nitrogens with two attached hydrogens (primary N) is 1. The van der Waals surface area contributed by atoms with Crippen molar-refractivity contribution in [1.29, 1.82) is 0 Å². The van der Waals surface area contributed by atoms with Crippen LogP contribution in [0.2, 0.25) is 0 Å². The third kappa shape index (κ3) is 3.48. The molecule has 0 aromatic heterocycles. The Kier molecular flexibility index (Phi) is 4.11. The second-order valence-electron chi connectivity index (χ2n) is 3.71. The van der Waals surface area contributed by atoms with E-state index in [4.69, 9.17) is 22.7 Å². The molecule has 2 aromatic carbocycles. The lowest BCUT2D eigenvalue weighted by atomic mass is 10.2. The predicted molar refractivity (Wildman–Crippen MR) is 76.5 cm³/mol. The predicted octanol–water partition coefficient (Wildman–Crippen LogP) is 4.15. The zero-order valence-electron chi connectivity index (χ0n) is 9.49. The highest BCUT2D eigenvalue weighted by Crippen LogP contribution is 2.29. The third-order valence-corrected chi connectivity index (χ3v) is 2.98. The van der Waals surface area contributed by atoms with E-state index in [9.17, 15) is 8.78 Å². The fourth-order valence-electron chi connectivity index (χ4n) is 1.50. The van der Waals surface area contributed by atoms with E-state index in [0.29, 0.717) is 11.3 Å². The lowest BCUT2D eigenvalue weighted by molar-refractivity contribution is 0.467. The zero-order valence-corrected chi connectivity index (χ0v) is 11.9. The van der Waals surface area contributed by atoms with Crippen molar-refractivity contribution >= 4 is 33.1 Å². The van der Waals surface area contributed by atoms with Crippen molar-refractivity contribution in [3.63, 3.8) is 0 Å². The summed E-state index contributed by atoms with van der Waals surface area (Å²) in [5.41, 5.74) is 6.06. The van der Waals surface area contributed by atoms with E-state index in [-0.39, 0.29) is 10.7 Å². The van der Waals surface area contributed by atoms with Crippen LogP contribution in [-0.4, -0.2) is 4.99 Å². The summed E-state index contributed by atoms with van der Waals surface area (Å²) < 4.78 is 32.3. The smallest absolute Gasteiger partial charge is 0.137 e. The summed E-state index contributed by atoms with van der Waals surface area (Å²) in [6.45, 7) is 0. The SMILES string of the molecule is NC(=S)c1cc(Br)ccc1Oc1cc(F)cc(F)c1. The third-order valence-electron chi connectivity index (χ3n) is 2.27. The Balaban J connectivity index is 2.40. The van der Waals surface area contributed by atoms with Crippen LogP contribution in [0.4, 0.5) is 8.78 Å². The molecule has 0 aliphatic heterocycles. The Labute approximate surface area is 122 Å². The molecule has 98 valence electrons. The van der Waals surface area contributed by atoms with E-state index in [0.717, 1.165) is 22.7 Å². The standard InChI is InChI=1S/C13H8BrF2NOS/c14-7-1-2-12(11(3-7)13(17)19)18-10-5-8(15)4-9(16)6-10/h1-6H,(H2,17,19). The second kappa shape index (κ2) is 5.63. The number of hydrogen-bond donors (Lipinski definition) is 1. The molecule has 2 N–H and O–H groups in total. The number of rotatable bonds is 3.